The Labute approximate surface area is 85.3 Å². The molecule has 1 fully saturated rings. The predicted molar refractivity (Wildman–Crippen MR) is 55.0 cm³/mol. The SMILES string of the molecule is CCNC1CCN(C(C)CCO)C1=O. The number of carbonyl (C=O) groups is 1. The van der Waals surface area contributed by atoms with Crippen LogP contribution in [0.2, 0.25) is 0 Å². The van der Waals surface area contributed by atoms with Gasteiger partial charge in [-0.3, -0.25) is 4.79 Å². The fourth-order valence-corrected chi connectivity index (χ4v) is 1.92. The normalized spacial score (nSPS) is 24.4. The summed E-state index contributed by atoms with van der Waals surface area (Å²) in [7, 11) is 0. The summed E-state index contributed by atoms with van der Waals surface area (Å²) in [5, 5.41) is 12.0. The zero-order chi connectivity index (χ0) is 10.6. The highest BCUT2D eigenvalue weighted by molar-refractivity contribution is 5.84. The van der Waals surface area contributed by atoms with Crippen molar-refractivity contribution in [3.63, 3.8) is 0 Å². The van der Waals surface area contributed by atoms with Crippen molar-refractivity contribution in [2.75, 3.05) is 19.7 Å². The zero-order valence-corrected chi connectivity index (χ0v) is 8.99. The van der Waals surface area contributed by atoms with E-state index in [9.17, 15) is 4.79 Å². The van der Waals surface area contributed by atoms with E-state index in [-0.39, 0.29) is 24.6 Å². The van der Waals surface area contributed by atoms with Crippen molar-refractivity contribution in [3.05, 3.63) is 0 Å². The molecule has 0 spiro atoms. The molecule has 1 aliphatic heterocycles. The summed E-state index contributed by atoms with van der Waals surface area (Å²) in [5.41, 5.74) is 0. The number of hydrogen-bond donors (Lipinski definition) is 2. The second kappa shape index (κ2) is 5.32. The van der Waals surface area contributed by atoms with Crippen molar-refractivity contribution >= 4 is 5.91 Å². The summed E-state index contributed by atoms with van der Waals surface area (Å²) in [6.07, 6.45) is 1.56. The maximum atomic E-state index is 11.8. The third-order valence-electron chi connectivity index (χ3n) is 2.77. The van der Waals surface area contributed by atoms with Crippen LogP contribution >= 0.6 is 0 Å². The molecule has 1 heterocycles. The molecule has 0 aliphatic carbocycles. The molecular weight excluding hydrogens is 180 g/mol. The quantitative estimate of drug-likeness (QED) is 0.655. The molecule has 2 N–H and O–H groups in total. The van der Waals surface area contributed by atoms with Crippen molar-refractivity contribution in [3.8, 4) is 0 Å². The highest BCUT2D eigenvalue weighted by Gasteiger charge is 2.33. The van der Waals surface area contributed by atoms with Gasteiger partial charge in [0.25, 0.3) is 0 Å². The van der Waals surface area contributed by atoms with Crippen LogP contribution in [0.15, 0.2) is 0 Å². The van der Waals surface area contributed by atoms with Gasteiger partial charge in [-0.25, -0.2) is 0 Å². The number of likely N-dealkylation sites (tertiary alicyclic amines) is 1. The number of rotatable bonds is 5. The first-order valence-electron chi connectivity index (χ1n) is 5.35. The van der Waals surface area contributed by atoms with E-state index < -0.39 is 0 Å². The molecule has 0 aromatic carbocycles. The lowest BCUT2D eigenvalue weighted by molar-refractivity contribution is -0.131. The number of aliphatic hydroxyl groups is 1. The van der Waals surface area contributed by atoms with Gasteiger partial charge >= 0.3 is 0 Å². The van der Waals surface area contributed by atoms with Gasteiger partial charge in [0, 0.05) is 19.2 Å². The minimum atomic E-state index is 0.00106. The van der Waals surface area contributed by atoms with Crippen LogP contribution < -0.4 is 5.32 Å². The zero-order valence-electron chi connectivity index (χ0n) is 8.99. The summed E-state index contributed by atoms with van der Waals surface area (Å²) in [6, 6.07) is 0.164. The number of aliphatic hydroxyl groups excluding tert-OH is 1. The van der Waals surface area contributed by atoms with Gasteiger partial charge in [0.2, 0.25) is 5.91 Å². The lowest BCUT2D eigenvalue weighted by Gasteiger charge is -2.24. The maximum absolute atomic E-state index is 11.8. The van der Waals surface area contributed by atoms with E-state index in [0.29, 0.717) is 6.42 Å². The van der Waals surface area contributed by atoms with E-state index in [4.69, 9.17) is 5.11 Å². The van der Waals surface area contributed by atoms with Gasteiger partial charge in [-0.05, 0) is 26.3 Å². The first-order valence-corrected chi connectivity index (χ1v) is 5.35. The Morgan fingerprint density at radius 1 is 1.71 bits per heavy atom. The largest absolute Gasteiger partial charge is 0.396 e. The molecule has 4 heteroatoms. The number of hydrogen-bond acceptors (Lipinski definition) is 3. The monoisotopic (exact) mass is 200 g/mol. The van der Waals surface area contributed by atoms with Crippen LogP contribution in [0.5, 0.6) is 0 Å². The molecule has 2 atom stereocenters. The molecular formula is C10H20N2O2. The van der Waals surface area contributed by atoms with Crippen LogP contribution in [0.25, 0.3) is 0 Å². The molecule has 4 nitrogen and oxygen atoms in total. The van der Waals surface area contributed by atoms with Crippen LogP contribution in [-0.4, -0.2) is 47.7 Å². The number of likely N-dealkylation sites (N-methyl/N-ethyl adjacent to an activating group) is 1. The van der Waals surface area contributed by atoms with Crippen LogP contribution in [0.3, 0.4) is 0 Å². The molecule has 0 radical (unpaired) electrons. The van der Waals surface area contributed by atoms with Gasteiger partial charge in [-0.2, -0.15) is 0 Å². The Balaban J connectivity index is 2.46. The Kier molecular flexibility index (Phi) is 4.35. The van der Waals surface area contributed by atoms with E-state index in [1.807, 2.05) is 18.7 Å². The second-order valence-corrected chi connectivity index (χ2v) is 3.79. The van der Waals surface area contributed by atoms with Crippen molar-refractivity contribution in [1.82, 2.24) is 10.2 Å². The van der Waals surface area contributed by atoms with Gasteiger partial charge in [-0.1, -0.05) is 6.92 Å². The van der Waals surface area contributed by atoms with Gasteiger partial charge in [-0.15, -0.1) is 0 Å². The van der Waals surface area contributed by atoms with E-state index in [0.717, 1.165) is 19.5 Å². The maximum Gasteiger partial charge on any atom is 0.240 e. The molecule has 0 aromatic heterocycles. The van der Waals surface area contributed by atoms with Crippen molar-refractivity contribution in [2.45, 2.75) is 38.8 Å². The molecule has 2 unspecified atom stereocenters. The van der Waals surface area contributed by atoms with E-state index in [2.05, 4.69) is 5.32 Å². The lowest BCUT2D eigenvalue weighted by atomic mass is 10.2. The number of amides is 1. The third kappa shape index (κ3) is 2.45. The highest BCUT2D eigenvalue weighted by atomic mass is 16.3. The lowest BCUT2D eigenvalue weighted by Crippen LogP contribution is -2.42. The molecule has 0 bridgehead atoms. The molecule has 0 aromatic rings. The summed E-state index contributed by atoms with van der Waals surface area (Å²) in [6.45, 7) is 5.79. The van der Waals surface area contributed by atoms with E-state index in [1.54, 1.807) is 0 Å². The van der Waals surface area contributed by atoms with Crippen LogP contribution in [-0.2, 0) is 4.79 Å². The van der Waals surface area contributed by atoms with E-state index >= 15 is 0 Å². The first-order chi connectivity index (χ1) is 6.70. The third-order valence-corrected chi connectivity index (χ3v) is 2.77. The average Bonchev–Trinajstić information content (AvgIpc) is 2.49. The van der Waals surface area contributed by atoms with Gasteiger partial charge in [0.15, 0.2) is 0 Å². The summed E-state index contributed by atoms with van der Waals surface area (Å²) in [5.74, 6) is 0.188. The summed E-state index contributed by atoms with van der Waals surface area (Å²) in [4.78, 5) is 13.7. The smallest absolute Gasteiger partial charge is 0.240 e. The average molecular weight is 200 g/mol. The molecule has 1 aliphatic rings. The molecule has 82 valence electrons. The predicted octanol–water partition coefficient (Wildman–Crippen LogP) is -0.0323. The van der Waals surface area contributed by atoms with Gasteiger partial charge < -0.3 is 15.3 Å². The number of nitrogens with zero attached hydrogens (tertiary/aromatic N) is 1. The van der Waals surface area contributed by atoms with Crippen LogP contribution in [0.1, 0.15) is 26.7 Å². The first kappa shape index (κ1) is 11.5. The van der Waals surface area contributed by atoms with E-state index in [1.165, 1.54) is 0 Å². The summed E-state index contributed by atoms with van der Waals surface area (Å²) < 4.78 is 0. The molecule has 14 heavy (non-hydrogen) atoms. The Hall–Kier alpha value is -0.610. The minimum absolute atomic E-state index is 0.00106. The fraction of sp³-hybridized carbons (Fsp3) is 0.900. The van der Waals surface area contributed by atoms with Crippen molar-refractivity contribution in [1.29, 1.82) is 0 Å². The number of nitrogens with one attached hydrogen (secondary N) is 1. The number of carbonyl (C=O) groups excluding carboxylic acids is 1. The molecule has 1 amide bonds. The molecule has 1 saturated heterocycles. The standard InChI is InChI=1S/C10H20N2O2/c1-3-11-9-4-6-12(10(9)14)8(2)5-7-13/h8-9,11,13H,3-7H2,1-2H3. The van der Waals surface area contributed by atoms with Crippen molar-refractivity contribution < 1.29 is 9.90 Å². The molecule has 0 saturated carbocycles. The summed E-state index contributed by atoms with van der Waals surface area (Å²) >= 11 is 0. The fourth-order valence-electron chi connectivity index (χ4n) is 1.92. The second-order valence-electron chi connectivity index (χ2n) is 3.79. The minimum Gasteiger partial charge on any atom is -0.396 e. The highest BCUT2D eigenvalue weighted by Crippen LogP contribution is 2.15. The Morgan fingerprint density at radius 3 is 3.00 bits per heavy atom. The van der Waals surface area contributed by atoms with Crippen LogP contribution in [0.4, 0.5) is 0 Å². The van der Waals surface area contributed by atoms with Gasteiger partial charge in [0.1, 0.15) is 0 Å². The van der Waals surface area contributed by atoms with Crippen molar-refractivity contribution in [2.24, 2.45) is 0 Å². The molecule has 1 rings (SSSR count). The topological polar surface area (TPSA) is 52.6 Å². The Morgan fingerprint density at radius 2 is 2.43 bits per heavy atom. The van der Waals surface area contributed by atoms with Gasteiger partial charge in [0.05, 0.1) is 6.04 Å². The Bertz CT molecular complexity index is 197. The van der Waals surface area contributed by atoms with Crippen LogP contribution in [0, 0.1) is 0 Å².